The van der Waals surface area contributed by atoms with Crippen LogP contribution >= 0.6 is 22.9 Å². The number of allylic oxidation sites excluding steroid dienone is 1. The normalized spacial score (nSPS) is 10.8. The number of benzene rings is 1. The molecule has 0 unspecified atom stereocenters. The number of rotatable bonds is 3. The molecular formula is C13H9ClOS. The average molecular weight is 249 g/mol. The Hall–Kier alpha value is -1.38. The van der Waals surface area contributed by atoms with Gasteiger partial charge >= 0.3 is 0 Å². The maximum Gasteiger partial charge on any atom is 0.245 e. The predicted octanol–water partition coefficient (Wildman–Crippen LogP) is 4.19. The van der Waals surface area contributed by atoms with Crippen molar-refractivity contribution in [3.63, 3.8) is 0 Å². The molecule has 0 amide bonds. The fourth-order valence-corrected chi connectivity index (χ4v) is 2.14. The van der Waals surface area contributed by atoms with Gasteiger partial charge in [-0.05, 0) is 57.3 Å². The summed E-state index contributed by atoms with van der Waals surface area (Å²) in [6.45, 7) is 0. The highest BCUT2D eigenvalue weighted by Crippen LogP contribution is 2.23. The number of halogens is 1. The third-order valence-electron chi connectivity index (χ3n) is 2.15. The maximum atomic E-state index is 10.6. The van der Waals surface area contributed by atoms with E-state index in [0.29, 0.717) is 0 Å². The van der Waals surface area contributed by atoms with E-state index in [1.165, 1.54) is 11.6 Å². The second-order valence-electron chi connectivity index (χ2n) is 3.27. The Bertz CT molecular complexity index is 514. The Morgan fingerprint density at radius 3 is 2.81 bits per heavy atom. The van der Waals surface area contributed by atoms with E-state index in [1.54, 1.807) is 17.4 Å². The number of hydrogen-bond acceptors (Lipinski definition) is 2. The lowest BCUT2D eigenvalue weighted by Crippen LogP contribution is -1.78. The number of hydrogen-bond donors (Lipinski definition) is 0. The standard InChI is InChI=1S/C13H9ClOS/c14-13(15)5-4-10-2-1-3-11(8-10)12-6-7-16-9-12/h1-9H. The van der Waals surface area contributed by atoms with Crippen molar-refractivity contribution in [3.8, 4) is 11.1 Å². The quantitative estimate of drug-likeness (QED) is 0.588. The third-order valence-corrected chi connectivity index (χ3v) is 2.96. The molecule has 0 aliphatic rings. The van der Waals surface area contributed by atoms with Gasteiger partial charge in [-0.25, -0.2) is 0 Å². The summed E-state index contributed by atoms with van der Waals surface area (Å²) in [6, 6.07) is 10.0. The highest BCUT2D eigenvalue weighted by Gasteiger charge is 1.98. The summed E-state index contributed by atoms with van der Waals surface area (Å²) < 4.78 is 0. The van der Waals surface area contributed by atoms with Crippen molar-refractivity contribution in [1.82, 2.24) is 0 Å². The zero-order valence-corrected chi connectivity index (χ0v) is 9.96. The van der Waals surface area contributed by atoms with Crippen molar-refractivity contribution < 1.29 is 4.79 Å². The molecule has 0 saturated carbocycles. The van der Waals surface area contributed by atoms with E-state index >= 15 is 0 Å². The minimum Gasteiger partial charge on any atom is -0.276 e. The molecule has 0 aliphatic carbocycles. The summed E-state index contributed by atoms with van der Waals surface area (Å²) in [5, 5.41) is 3.68. The number of carbonyl (C=O) groups excluding carboxylic acids is 1. The minimum atomic E-state index is -0.457. The Labute approximate surface area is 103 Å². The summed E-state index contributed by atoms with van der Waals surface area (Å²) in [5.74, 6) is 0. The molecule has 0 spiro atoms. The lowest BCUT2D eigenvalue weighted by molar-refractivity contribution is -0.107. The lowest BCUT2D eigenvalue weighted by atomic mass is 10.1. The highest BCUT2D eigenvalue weighted by molar-refractivity contribution is 7.08. The molecule has 80 valence electrons. The Morgan fingerprint density at radius 2 is 2.12 bits per heavy atom. The van der Waals surface area contributed by atoms with Crippen LogP contribution in [0.15, 0.2) is 47.2 Å². The van der Waals surface area contributed by atoms with Crippen LogP contribution in [0.2, 0.25) is 0 Å². The number of thiophene rings is 1. The Morgan fingerprint density at radius 1 is 1.25 bits per heavy atom. The largest absolute Gasteiger partial charge is 0.276 e. The monoisotopic (exact) mass is 248 g/mol. The summed E-state index contributed by atoms with van der Waals surface area (Å²) in [6.07, 6.45) is 3.07. The highest BCUT2D eigenvalue weighted by atomic mass is 35.5. The summed E-state index contributed by atoms with van der Waals surface area (Å²) in [4.78, 5) is 10.6. The lowest BCUT2D eigenvalue weighted by Gasteiger charge is -1.99. The van der Waals surface area contributed by atoms with E-state index in [4.69, 9.17) is 11.6 Å². The van der Waals surface area contributed by atoms with Crippen LogP contribution in [0, 0.1) is 0 Å². The first-order chi connectivity index (χ1) is 7.75. The second kappa shape index (κ2) is 5.10. The van der Waals surface area contributed by atoms with Crippen molar-refractivity contribution in [2.45, 2.75) is 0 Å². The minimum absolute atomic E-state index is 0.457. The van der Waals surface area contributed by atoms with Gasteiger partial charge in [0.05, 0.1) is 0 Å². The van der Waals surface area contributed by atoms with Gasteiger partial charge in [-0.1, -0.05) is 24.3 Å². The Kier molecular flexibility index (Phi) is 3.54. The molecule has 0 bridgehead atoms. The molecule has 0 fully saturated rings. The summed E-state index contributed by atoms with van der Waals surface area (Å²) in [7, 11) is 0. The predicted molar refractivity (Wildman–Crippen MR) is 69.6 cm³/mol. The van der Waals surface area contributed by atoms with Gasteiger partial charge < -0.3 is 0 Å². The van der Waals surface area contributed by atoms with E-state index in [-0.39, 0.29) is 0 Å². The van der Waals surface area contributed by atoms with Gasteiger partial charge in [-0.15, -0.1) is 0 Å². The van der Waals surface area contributed by atoms with Crippen molar-refractivity contribution in [2.75, 3.05) is 0 Å². The maximum absolute atomic E-state index is 10.6. The topological polar surface area (TPSA) is 17.1 Å². The van der Waals surface area contributed by atoms with Gasteiger partial charge in [0.1, 0.15) is 0 Å². The Balaban J connectivity index is 2.30. The zero-order valence-electron chi connectivity index (χ0n) is 8.39. The molecule has 0 aliphatic heterocycles. The molecule has 3 heteroatoms. The van der Waals surface area contributed by atoms with Gasteiger partial charge in [-0.3, -0.25) is 4.79 Å². The van der Waals surface area contributed by atoms with Crippen LogP contribution < -0.4 is 0 Å². The van der Waals surface area contributed by atoms with Crippen LogP contribution in [0.4, 0.5) is 0 Å². The third kappa shape index (κ3) is 2.81. The van der Waals surface area contributed by atoms with E-state index in [0.717, 1.165) is 11.1 Å². The molecule has 0 atom stereocenters. The van der Waals surface area contributed by atoms with Crippen LogP contribution in [0.1, 0.15) is 5.56 Å². The van der Waals surface area contributed by atoms with E-state index in [2.05, 4.69) is 11.4 Å². The molecule has 16 heavy (non-hydrogen) atoms. The van der Waals surface area contributed by atoms with Gasteiger partial charge in [-0.2, -0.15) is 11.3 Å². The molecule has 2 rings (SSSR count). The summed E-state index contributed by atoms with van der Waals surface area (Å²) >= 11 is 6.91. The summed E-state index contributed by atoms with van der Waals surface area (Å²) in [5.41, 5.74) is 3.31. The zero-order chi connectivity index (χ0) is 11.4. The van der Waals surface area contributed by atoms with Crippen LogP contribution in [-0.4, -0.2) is 5.24 Å². The average Bonchev–Trinajstić information content (AvgIpc) is 2.80. The van der Waals surface area contributed by atoms with Crippen molar-refractivity contribution in [1.29, 1.82) is 0 Å². The van der Waals surface area contributed by atoms with Crippen LogP contribution in [0.25, 0.3) is 17.2 Å². The van der Waals surface area contributed by atoms with Crippen LogP contribution in [-0.2, 0) is 4.79 Å². The molecule has 1 aromatic heterocycles. The van der Waals surface area contributed by atoms with E-state index in [1.807, 2.05) is 29.6 Å². The molecule has 0 N–H and O–H groups in total. The molecular weight excluding hydrogens is 240 g/mol. The molecule has 1 nitrogen and oxygen atoms in total. The molecule has 0 saturated heterocycles. The first kappa shape index (κ1) is 11.1. The SMILES string of the molecule is O=C(Cl)C=Cc1cccc(-c2ccsc2)c1. The van der Waals surface area contributed by atoms with Gasteiger partial charge in [0.2, 0.25) is 5.24 Å². The van der Waals surface area contributed by atoms with Crippen molar-refractivity contribution in [2.24, 2.45) is 0 Å². The molecule has 2 aromatic rings. The fraction of sp³-hybridized carbons (Fsp3) is 0. The first-order valence-corrected chi connectivity index (χ1v) is 6.08. The fourth-order valence-electron chi connectivity index (χ4n) is 1.41. The second-order valence-corrected chi connectivity index (χ2v) is 4.43. The molecule has 1 heterocycles. The van der Waals surface area contributed by atoms with E-state index in [9.17, 15) is 4.79 Å². The van der Waals surface area contributed by atoms with Gasteiger partial charge in [0, 0.05) is 0 Å². The molecule has 1 aromatic carbocycles. The van der Waals surface area contributed by atoms with Crippen molar-refractivity contribution >= 4 is 34.3 Å². The smallest absolute Gasteiger partial charge is 0.245 e. The van der Waals surface area contributed by atoms with Crippen molar-refractivity contribution in [3.05, 3.63) is 52.7 Å². The molecule has 0 radical (unpaired) electrons. The van der Waals surface area contributed by atoms with E-state index < -0.39 is 5.24 Å². The van der Waals surface area contributed by atoms with Gasteiger partial charge in [0.25, 0.3) is 0 Å². The number of carbonyl (C=O) groups is 1. The van der Waals surface area contributed by atoms with Crippen LogP contribution in [0.5, 0.6) is 0 Å². The van der Waals surface area contributed by atoms with Crippen LogP contribution in [0.3, 0.4) is 0 Å². The first-order valence-electron chi connectivity index (χ1n) is 4.76. The van der Waals surface area contributed by atoms with Gasteiger partial charge in [0.15, 0.2) is 0 Å².